The van der Waals surface area contributed by atoms with E-state index in [2.05, 4.69) is 0 Å². The number of hydrogen-bond donors (Lipinski definition) is 1. The van der Waals surface area contributed by atoms with Crippen LogP contribution in [0.15, 0.2) is 12.1 Å². The van der Waals surface area contributed by atoms with Crippen molar-refractivity contribution in [2.75, 3.05) is 0 Å². The lowest BCUT2D eigenvalue weighted by Crippen LogP contribution is -2.07. The number of carbonyl (C=O) groups is 1. The van der Waals surface area contributed by atoms with E-state index in [1.54, 1.807) is 6.07 Å². The van der Waals surface area contributed by atoms with Gasteiger partial charge in [0.15, 0.2) is 0 Å². The summed E-state index contributed by atoms with van der Waals surface area (Å²) in [5.41, 5.74) is 5.00. The Morgan fingerprint density at radius 3 is 2.18 bits per heavy atom. The summed E-state index contributed by atoms with van der Waals surface area (Å²) in [6, 6.07) is 3.62. The van der Waals surface area contributed by atoms with Crippen molar-refractivity contribution in [3.05, 3.63) is 21.9 Å². The molecule has 11 heavy (non-hydrogen) atoms. The number of primary amides is 1. The van der Waals surface area contributed by atoms with Crippen molar-refractivity contribution in [1.82, 2.24) is 0 Å². The van der Waals surface area contributed by atoms with Gasteiger partial charge in [-0.15, -0.1) is 11.3 Å². The van der Waals surface area contributed by atoms with Crippen LogP contribution in [-0.4, -0.2) is 5.91 Å². The number of amides is 1. The molecule has 0 aliphatic carbocycles. The molecule has 0 saturated carbocycles. The quantitative estimate of drug-likeness (QED) is 0.691. The van der Waals surface area contributed by atoms with Crippen LogP contribution >= 0.6 is 11.3 Å². The van der Waals surface area contributed by atoms with Crippen LogP contribution in [0, 0.1) is 6.92 Å². The molecule has 62 valence electrons. The first-order chi connectivity index (χ1) is 5.20. The molecule has 0 bridgehead atoms. The van der Waals surface area contributed by atoms with Crippen molar-refractivity contribution in [2.24, 2.45) is 5.73 Å². The lowest BCUT2D eigenvalue weighted by Gasteiger charge is -1.81. The second-order valence-electron chi connectivity index (χ2n) is 1.77. The van der Waals surface area contributed by atoms with Gasteiger partial charge < -0.3 is 5.73 Å². The Balaban J connectivity index is 0.000000461. The molecular formula is C8H13NOS. The molecule has 1 aromatic rings. The summed E-state index contributed by atoms with van der Waals surface area (Å²) in [7, 11) is 0. The highest BCUT2D eigenvalue weighted by Crippen LogP contribution is 2.13. The van der Waals surface area contributed by atoms with Crippen LogP contribution in [0.5, 0.6) is 0 Å². The highest BCUT2D eigenvalue weighted by atomic mass is 32.1. The summed E-state index contributed by atoms with van der Waals surface area (Å²) in [5, 5.41) is 0. The van der Waals surface area contributed by atoms with Crippen LogP contribution in [0.2, 0.25) is 0 Å². The monoisotopic (exact) mass is 171 g/mol. The second-order valence-corrected chi connectivity index (χ2v) is 3.06. The third kappa shape index (κ3) is 3.18. The minimum atomic E-state index is -0.340. The zero-order valence-electron chi connectivity index (χ0n) is 7.05. The first-order valence-corrected chi connectivity index (χ1v) is 4.38. The van der Waals surface area contributed by atoms with Crippen LogP contribution in [0.4, 0.5) is 0 Å². The Morgan fingerprint density at radius 2 is 2.00 bits per heavy atom. The standard InChI is InChI=1S/C6H7NOS.C2H6/c1-4-2-3-5(9-4)6(7)8;1-2/h2-3H,1H3,(H2,7,8);1-2H3. The van der Waals surface area contributed by atoms with E-state index in [0.29, 0.717) is 4.88 Å². The molecule has 2 N–H and O–H groups in total. The van der Waals surface area contributed by atoms with Crippen LogP contribution in [0.1, 0.15) is 28.4 Å². The van der Waals surface area contributed by atoms with Gasteiger partial charge in [-0.2, -0.15) is 0 Å². The molecule has 1 rings (SSSR count). The summed E-state index contributed by atoms with van der Waals surface area (Å²) in [6.45, 7) is 5.94. The topological polar surface area (TPSA) is 43.1 Å². The SMILES string of the molecule is CC.Cc1ccc(C(N)=O)s1. The summed E-state index contributed by atoms with van der Waals surface area (Å²) in [4.78, 5) is 12.2. The van der Waals surface area contributed by atoms with Crippen molar-refractivity contribution in [3.8, 4) is 0 Å². The van der Waals surface area contributed by atoms with Crippen LogP contribution in [0.3, 0.4) is 0 Å². The molecule has 0 aromatic carbocycles. The highest BCUT2D eigenvalue weighted by Gasteiger charge is 2.00. The van der Waals surface area contributed by atoms with E-state index in [1.165, 1.54) is 11.3 Å². The third-order valence-corrected chi connectivity index (χ3v) is 2.00. The highest BCUT2D eigenvalue weighted by molar-refractivity contribution is 7.13. The van der Waals surface area contributed by atoms with Crippen molar-refractivity contribution in [1.29, 1.82) is 0 Å². The number of thiophene rings is 1. The van der Waals surface area contributed by atoms with Crippen molar-refractivity contribution in [3.63, 3.8) is 0 Å². The van der Waals surface area contributed by atoms with Crippen LogP contribution < -0.4 is 5.73 Å². The van der Waals surface area contributed by atoms with Gasteiger partial charge in [-0.3, -0.25) is 4.79 Å². The molecular weight excluding hydrogens is 158 g/mol. The Kier molecular flexibility index (Phi) is 4.54. The Hall–Kier alpha value is -0.830. The minimum absolute atomic E-state index is 0.340. The summed E-state index contributed by atoms with van der Waals surface area (Å²) in [6.07, 6.45) is 0. The van der Waals surface area contributed by atoms with Gasteiger partial charge in [-0.1, -0.05) is 13.8 Å². The molecule has 0 spiro atoms. The molecule has 3 heteroatoms. The predicted octanol–water partition coefficient (Wildman–Crippen LogP) is 2.18. The number of carbonyl (C=O) groups excluding carboxylic acids is 1. The van der Waals surface area contributed by atoms with Crippen molar-refractivity contribution in [2.45, 2.75) is 20.8 Å². The predicted molar refractivity (Wildman–Crippen MR) is 48.9 cm³/mol. The molecule has 0 saturated heterocycles. The largest absolute Gasteiger partial charge is 0.365 e. The lowest BCUT2D eigenvalue weighted by molar-refractivity contribution is 0.100. The van der Waals surface area contributed by atoms with Crippen LogP contribution in [0.25, 0.3) is 0 Å². The van der Waals surface area contributed by atoms with E-state index >= 15 is 0 Å². The molecule has 0 fully saturated rings. The minimum Gasteiger partial charge on any atom is -0.365 e. The lowest BCUT2D eigenvalue weighted by atomic mass is 10.4. The van der Waals surface area contributed by atoms with Gasteiger partial charge in [0.05, 0.1) is 4.88 Å². The molecule has 0 atom stereocenters. The second kappa shape index (κ2) is 4.91. The molecule has 0 unspecified atom stereocenters. The molecule has 1 heterocycles. The van der Waals surface area contributed by atoms with Crippen LogP contribution in [-0.2, 0) is 0 Å². The maximum absolute atomic E-state index is 10.4. The average molecular weight is 171 g/mol. The zero-order valence-corrected chi connectivity index (χ0v) is 7.87. The fourth-order valence-electron chi connectivity index (χ4n) is 0.567. The van der Waals surface area contributed by atoms with Gasteiger partial charge in [0.1, 0.15) is 0 Å². The number of hydrogen-bond acceptors (Lipinski definition) is 2. The number of aryl methyl sites for hydroxylation is 1. The normalized spacial score (nSPS) is 8.27. The smallest absolute Gasteiger partial charge is 0.258 e. The van der Waals surface area contributed by atoms with Gasteiger partial charge >= 0.3 is 0 Å². The fraction of sp³-hybridized carbons (Fsp3) is 0.375. The van der Waals surface area contributed by atoms with Gasteiger partial charge in [0, 0.05) is 4.88 Å². The third-order valence-electron chi connectivity index (χ3n) is 0.983. The number of nitrogens with two attached hydrogens (primary N) is 1. The fourth-order valence-corrected chi connectivity index (χ4v) is 1.29. The maximum atomic E-state index is 10.4. The van der Waals surface area contributed by atoms with E-state index in [1.807, 2.05) is 26.8 Å². The first kappa shape index (κ1) is 10.2. The van der Waals surface area contributed by atoms with Crippen molar-refractivity contribution < 1.29 is 4.79 Å². The summed E-state index contributed by atoms with van der Waals surface area (Å²) >= 11 is 1.42. The zero-order chi connectivity index (χ0) is 8.85. The summed E-state index contributed by atoms with van der Waals surface area (Å²) < 4.78 is 0. The average Bonchev–Trinajstić information content (AvgIpc) is 2.40. The van der Waals surface area contributed by atoms with Gasteiger partial charge in [0.2, 0.25) is 0 Å². The molecule has 1 amide bonds. The molecule has 1 aromatic heterocycles. The first-order valence-electron chi connectivity index (χ1n) is 3.56. The van der Waals surface area contributed by atoms with Gasteiger partial charge in [0.25, 0.3) is 5.91 Å². The van der Waals surface area contributed by atoms with E-state index in [9.17, 15) is 4.79 Å². The molecule has 2 nitrogen and oxygen atoms in total. The number of rotatable bonds is 1. The van der Waals surface area contributed by atoms with Gasteiger partial charge in [-0.25, -0.2) is 0 Å². The van der Waals surface area contributed by atoms with E-state index in [-0.39, 0.29) is 5.91 Å². The Bertz CT molecular complexity index is 230. The van der Waals surface area contributed by atoms with E-state index in [0.717, 1.165) is 4.88 Å². The van der Waals surface area contributed by atoms with E-state index in [4.69, 9.17) is 5.73 Å². The molecule has 0 aliphatic heterocycles. The Labute approximate surface area is 71.0 Å². The summed E-state index contributed by atoms with van der Waals surface area (Å²) in [5.74, 6) is -0.340. The van der Waals surface area contributed by atoms with E-state index < -0.39 is 0 Å². The molecule has 0 aliphatic rings. The molecule has 0 radical (unpaired) electrons. The maximum Gasteiger partial charge on any atom is 0.258 e. The Morgan fingerprint density at radius 1 is 1.45 bits per heavy atom. The van der Waals surface area contributed by atoms with Gasteiger partial charge in [-0.05, 0) is 19.1 Å². The van der Waals surface area contributed by atoms with Crippen molar-refractivity contribution >= 4 is 17.2 Å².